The molecule has 1 heterocycles. The first-order valence-corrected chi connectivity index (χ1v) is 5.47. The van der Waals surface area contributed by atoms with Crippen LogP contribution in [-0.2, 0) is 4.79 Å². The van der Waals surface area contributed by atoms with Crippen molar-refractivity contribution in [2.24, 2.45) is 0 Å². The van der Waals surface area contributed by atoms with E-state index in [1.165, 1.54) is 0 Å². The highest BCUT2D eigenvalue weighted by Crippen LogP contribution is 2.12. The number of carboxylic acids is 1. The van der Waals surface area contributed by atoms with E-state index in [4.69, 9.17) is 5.11 Å². The fraction of sp³-hybridized carbons (Fsp3) is 0.500. The van der Waals surface area contributed by atoms with E-state index in [0.29, 0.717) is 6.42 Å². The van der Waals surface area contributed by atoms with Crippen LogP contribution in [0.25, 0.3) is 0 Å². The Morgan fingerprint density at radius 1 is 1.44 bits per heavy atom. The topological polar surface area (TPSA) is 62.2 Å². The summed E-state index contributed by atoms with van der Waals surface area (Å²) in [6.45, 7) is 4.06. The average Bonchev–Trinajstić information content (AvgIpc) is 2.27. The maximum atomic E-state index is 10.4. The third-order valence-corrected chi connectivity index (χ3v) is 2.53. The van der Waals surface area contributed by atoms with Gasteiger partial charge in [0, 0.05) is 30.9 Å². The fourth-order valence-electron chi connectivity index (χ4n) is 1.60. The Bertz CT molecular complexity index is 327. The standard InChI is InChI=1S/C12H18N2O2/c1-9(3-4-12(15)16)14-10(2)11-5-7-13-8-6-11/h5-10,14H,3-4H2,1-2H3,(H,15,16)/t9?,10-/m0/s1. The van der Waals surface area contributed by atoms with Gasteiger partial charge in [0.2, 0.25) is 0 Å². The molecule has 88 valence electrons. The minimum Gasteiger partial charge on any atom is -0.481 e. The molecule has 1 rings (SSSR count). The molecule has 2 atom stereocenters. The summed E-state index contributed by atoms with van der Waals surface area (Å²) in [6.07, 6.45) is 4.37. The van der Waals surface area contributed by atoms with Crippen LogP contribution in [0.5, 0.6) is 0 Å². The number of carboxylic acid groups (broad SMARTS) is 1. The summed E-state index contributed by atoms with van der Waals surface area (Å²) in [5, 5.41) is 11.9. The summed E-state index contributed by atoms with van der Waals surface area (Å²) < 4.78 is 0. The number of nitrogens with one attached hydrogen (secondary N) is 1. The van der Waals surface area contributed by atoms with Crippen LogP contribution in [0.4, 0.5) is 0 Å². The van der Waals surface area contributed by atoms with Crippen LogP contribution < -0.4 is 5.32 Å². The van der Waals surface area contributed by atoms with Crippen LogP contribution in [0.2, 0.25) is 0 Å². The highest BCUT2D eigenvalue weighted by Gasteiger charge is 2.10. The van der Waals surface area contributed by atoms with E-state index in [9.17, 15) is 4.79 Å². The van der Waals surface area contributed by atoms with Gasteiger partial charge in [-0.15, -0.1) is 0 Å². The summed E-state index contributed by atoms with van der Waals surface area (Å²) in [5.74, 6) is -0.745. The van der Waals surface area contributed by atoms with Gasteiger partial charge < -0.3 is 10.4 Å². The molecule has 0 aliphatic rings. The molecule has 0 aliphatic heterocycles. The predicted octanol–water partition coefficient (Wildman–Crippen LogP) is 1.99. The molecule has 0 saturated heterocycles. The molecular formula is C12H18N2O2. The minimum atomic E-state index is -0.745. The zero-order chi connectivity index (χ0) is 12.0. The van der Waals surface area contributed by atoms with E-state index in [1.54, 1.807) is 12.4 Å². The van der Waals surface area contributed by atoms with E-state index in [2.05, 4.69) is 17.2 Å². The van der Waals surface area contributed by atoms with Gasteiger partial charge in [-0.05, 0) is 38.0 Å². The molecular weight excluding hydrogens is 204 g/mol. The van der Waals surface area contributed by atoms with Crippen LogP contribution in [0.1, 0.15) is 38.3 Å². The number of hydrogen-bond donors (Lipinski definition) is 2. The van der Waals surface area contributed by atoms with Crippen molar-refractivity contribution in [3.05, 3.63) is 30.1 Å². The van der Waals surface area contributed by atoms with Crippen molar-refractivity contribution in [2.75, 3.05) is 0 Å². The zero-order valence-corrected chi connectivity index (χ0v) is 9.68. The first-order valence-electron chi connectivity index (χ1n) is 5.47. The van der Waals surface area contributed by atoms with Gasteiger partial charge in [-0.25, -0.2) is 0 Å². The van der Waals surface area contributed by atoms with E-state index < -0.39 is 5.97 Å². The molecule has 2 N–H and O–H groups in total. The Balaban J connectivity index is 2.39. The van der Waals surface area contributed by atoms with Gasteiger partial charge >= 0.3 is 5.97 Å². The van der Waals surface area contributed by atoms with Crippen molar-refractivity contribution in [3.8, 4) is 0 Å². The lowest BCUT2D eigenvalue weighted by Crippen LogP contribution is -2.29. The van der Waals surface area contributed by atoms with Gasteiger partial charge in [0.15, 0.2) is 0 Å². The summed E-state index contributed by atoms with van der Waals surface area (Å²) in [6, 6.07) is 4.33. The van der Waals surface area contributed by atoms with E-state index >= 15 is 0 Å². The predicted molar refractivity (Wildman–Crippen MR) is 62.1 cm³/mol. The maximum absolute atomic E-state index is 10.4. The largest absolute Gasteiger partial charge is 0.481 e. The molecule has 1 aromatic heterocycles. The van der Waals surface area contributed by atoms with Gasteiger partial charge in [0.25, 0.3) is 0 Å². The number of rotatable bonds is 6. The summed E-state index contributed by atoms with van der Waals surface area (Å²) >= 11 is 0. The van der Waals surface area contributed by atoms with Gasteiger partial charge in [-0.1, -0.05) is 0 Å². The van der Waals surface area contributed by atoms with Crippen molar-refractivity contribution in [3.63, 3.8) is 0 Å². The minimum absolute atomic E-state index is 0.194. The quantitative estimate of drug-likeness (QED) is 0.772. The van der Waals surface area contributed by atoms with Crippen LogP contribution >= 0.6 is 0 Å². The second kappa shape index (κ2) is 6.23. The smallest absolute Gasteiger partial charge is 0.303 e. The molecule has 0 saturated carbocycles. The normalized spacial score (nSPS) is 14.4. The third-order valence-electron chi connectivity index (χ3n) is 2.53. The highest BCUT2D eigenvalue weighted by atomic mass is 16.4. The van der Waals surface area contributed by atoms with Crippen LogP contribution in [0.15, 0.2) is 24.5 Å². The molecule has 4 nitrogen and oxygen atoms in total. The Kier molecular flexibility index (Phi) is 4.92. The SMILES string of the molecule is CC(CCC(=O)O)N[C@@H](C)c1ccncc1. The molecule has 0 spiro atoms. The molecule has 0 fully saturated rings. The first-order chi connectivity index (χ1) is 7.59. The Morgan fingerprint density at radius 3 is 2.62 bits per heavy atom. The highest BCUT2D eigenvalue weighted by molar-refractivity contribution is 5.66. The number of aliphatic carboxylic acids is 1. The number of hydrogen-bond acceptors (Lipinski definition) is 3. The van der Waals surface area contributed by atoms with Crippen molar-refractivity contribution >= 4 is 5.97 Å². The second-order valence-corrected chi connectivity index (χ2v) is 4.00. The molecule has 1 aromatic rings. The Labute approximate surface area is 95.7 Å². The number of carbonyl (C=O) groups is 1. The summed E-state index contributed by atoms with van der Waals surface area (Å²) in [5.41, 5.74) is 1.16. The van der Waals surface area contributed by atoms with E-state index in [1.807, 2.05) is 19.1 Å². The van der Waals surface area contributed by atoms with Gasteiger partial charge in [0.1, 0.15) is 0 Å². The van der Waals surface area contributed by atoms with E-state index in [-0.39, 0.29) is 18.5 Å². The van der Waals surface area contributed by atoms with Crippen molar-refractivity contribution in [1.29, 1.82) is 0 Å². The molecule has 1 unspecified atom stereocenters. The first kappa shape index (κ1) is 12.6. The fourth-order valence-corrected chi connectivity index (χ4v) is 1.60. The molecule has 0 bridgehead atoms. The zero-order valence-electron chi connectivity index (χ0n) is 9.68. The molecule has 16 heavy (non-hydrogen) atoms. The molecule has 0 aromatic carbocycles. The lowest BCUT2D eigenvalue weighted by atomic mass is 10.1. The molecule has 0 amide bonds. The lowest BCUT2D eigenvalue weighted by molar-refractivity contribution is -0.137. The summed E-state index contributed by atoms with van der Waals surface area (Å²) in [4.78, 5) is 14.4. The molecule has 0 radical (unpaired) electrons. The van der Waals surface area contributed by atoms with Crippen LogP contribution in [0, 0.1) is 0 Å². The second-order valence-electron chi connectivity index (χ2n) is 4.00. The van der Waals surface area contributed by atoms with Crippen molar-refractivity contribution in [1.82, 2.24) is 10.3 Å². The number of pyridine rings is 1. The van der Waals surface area contributed by atoms with Gasteiger partial charge in [0.05, 0.1) is 0 Å². The van der Waals surface area contributed by atoms with Gasteiger partial charge in [-0.2, -0.15) is 0 Å². The molecule has 0 aliphatic carbocycles. The van der Waals surface area contributed by atoms with Crippen LogP contribution in [0.3, 0.4) is 0 Å². The Morgan fingerprint density at radius 2 is 2.06 bits per heavy atom. The molecule has 4 heteroatoms. The third kappa shape index (κ3) is 4.40. The number of nitrogens with zero attached hydrogens (tertiary/aromatic N) is 1. The average molecular weight is 222 g/mol. The Hall–Kier alpha value is -1.42. The summed E-state index contributed by atoms with van der Waals surface area (Å²) in [7, 11) is 0. The van der Waals surface area contributed by atoms with Crippen LogP contribution in [-0.4, -0.2) is 22.1 Å². The van der Waals surface area contributed by atoms with E-state index in [0.717, 1.165) is 5.56 Å². The lowest BCUT2D eigenvalue weighted by Gasteiger charge is -2.19. The van der Waals surface area contributed by atoms with Gasteiger partial charge in [-0.3, -0.25) is 9.78 Å². The number of aromatic nitrogens is 1. The monoisotopic (exact) mass is 222 g/mol. The van der Waals surface area contributed by atoms with Crippen molar-refractivity contribution < 1.29 is 9.90 Å². The van der Waals surface area contributed by atoms with Crippen molar-refractivity contribution in [2.45, 2.75) is 38.8 Å². The maximum Gasteiger partial charge on any atom is 0.303 e.